The third-order valence-electron chi connectivity index (χ3n) is 2.81. The lowest BCUT2D eigenvalue weighted by Crippen LogP contribution is -2.21. The molecule has 1 aliphatic rings. The van der Waals surface area contributed by atoms with Crippen molar-refractivity contribution in [3.63, 3.8) is 0 Å². The predicted molar refractivity (Wildman–Crippen MR) is 73.9 cm³/mol. The number of piperidine rings is 1. The second-order valence-electron chi connectivity index (χ2n) is 4.63. The summed E-state index contributed by atoms with van der Waals surface area (Å²) in [6.45, 7) is 5.71. The highest BCUT2D eigenvalue weighted by molar-refractivity contribution is 5.66. The number of carboxylic acids is 1. The quantitative estimate of drug-likeness (QED) is 0.658. The molecule has 1 fully saturated rings. The smallest absolute Gasteiger partial charge is 0.305 e. The zero-order valence-corrected chi connectivity index (χ0v) is 11.7. The van der Waals surface area contributed by atoms with Gasteiger partial charge in [-0.1, -0.05) is 32.6 Å². The van der Waals surface area contributed by atoms with Gasteiger partial charge in [-0.25, -0.2) is 0 Å². The zero-order valence-electron chi connectivity index (χ0n) is 11.7. The van der Waals surface area contributed by atoms with E-state index in [9.17, 15) is 4.79 Å². The van der Waals surface area contributed by atoms with Gasteiger partial charge < -0.3 is 15.2 Å². The molecule has 1 heterocycles. The van der Waals surface area contributed by atoms with Crippen molar-refractivity contribution in [1.29, 1.82) is 0 Å². The first-order chi connectivity index (χ1) is 8.77. The van der Waals surface area contributed by atoms with Crippen LogP contribution in [-0.2, 0) is 9.53 Å². The maximum absolute atomic E-state index is 10.1. The Balaban J connectivity index is 0.000000397. The topological polar surface area (TPSA) is 58.6 Å². The van der Waals surface area contributed by atoms with Crippen LogP contribution in [0.1, 0.15) is 58.3 Å². The number of nitrogens with one attached hydrogen (secondary N) is 1. The van der Waals surface area contributed by atoms with Gasteiger partial charge in [0, 0.05) is 6.61 Å². The van der Waals surface area contributed by atoms with Gasteiger partial charge in [0.1, 0.15) is 0 Å². The predicted octanol–water partition coefficient (Wildman–Crippen LogP) is 2.82. The van der Waals surface area contributed by atoms with Crippen LogP contribution in [0, 0.1) is 0 Å². The number of ether oxygens (including phenoxy) is 1. The molecule has 0 aromatic heterocycles. The Kier molecular flexibility index (Phi) is 14.0. The molecule has 0 amide bonds. The molecular formula is C14H29NO3. The molecule has 18 heavy (non-hydrogen) atoms. The second kappa shape index (κ2) is 14.5. The molecule has 0 aliphatic carbocycles. The van der Waals surface area contributed by atoms with Gasteiger partial charge in [0.25, 0.3) is 0 Å². The van der Waals surface area contributed by atoms with Gasteiger partial charge in [0.05, 0.1) is 13.0 Å². The van der Waals surface area contributed by atoms with Crippen molar-refractivity contribution in [3.8, 4) is 0 Å². The third-order valence-corrected chi connectivity index (χ3v) is 2.81. The maximum Gasteiger partial charge on any atom is 0.305 e. The summed E-state index contributed by atoms with van der Waals surface area (Å²) in [5.74, 6) is -0.788. The Morgan fingerprint density at radius 1 is 1.11 bits per heavy atom. The number of rotatable bonds is 8. The van der Waals surface area contributed by atoms with E-state index in [2.05, 4.69) is 12.2 Å². The van der Waals surface area contributed by atoms with Crippen LogP contribution in [0.5, 0.6) is 0 Å². The van der Waals surface area contributed by atoms with Crippen LogP contribution in [0.4, 0.5) is 0 Å². The van der Waals surface area contributed by atoms with E-state index < -0.39 is 5.97 Å². The first kappa shape index (κ1) is 17.4. The second-order valence-corrected chi connectivity index (χ2v) is 4.63. The summed E-state index contributed by atoms with van der Waals surface area (Å²) in [6.07, 6.45) is 9.02. The van der Waals surface area contributed by atoms with Gasteiger partial charge >= 0.3 is 5.97 Å². The molecule has 0 unspecified atom stereocenters. The number of carboxylic acid groups (broad SMARTS) is 1. The zero-order chi connectivity index (χ0) is 13.5. The summed E-state index contributed by atoms with van der Waals surface area (Å²) < 4.78 is 5.11. The summed E-state index contributed by atoms with van der Waals surface area (Å²) >= 11 is 0. The number of hydrogen-bond donors (Lipinski definition) is 2. The molecule has 0 spiro atoms. The SMILES string of the molecule is C1CCNCC1.CCCCCCOCCC(=O)O. The first-order valence-corrected chi connectivity index (χ1v) is 7.27. The average Bonchev–Trinajstić information content (AvgIpc) is 2.40. The van der Waals surface area contributed by atoms with Gasteiger partial charge in [-0.2, -0.15) is 0 Å². The normalized spacial score (nSPS) is 14.7. The average molecular weight is 259 g/mol. The number of carbonyl (C=O) groups is 1. The van der Waals surface area contributed by atoms with Crippen LogP contribution in [0.25, 0.3) is 0 Å². The largest absolute Gasteiger partial charge is 0.481 e. The summed E-state index contributed by atoms with van der Waals surface area (Å²) in [4.78, 5) is 10.1. The fourth-order valence-corrected chi connectivity index (χ4v) is 1.69. The van der Waals surface area contributed by atoms with Crippen molar-refractivity contribution in [2.24, 2.45) is 0 Å². The standard InChI is InChI=1S/C9H18O3.C5H11N/c1-2-3-4-5-7-12-8-6-9(10)11;1-2-4-6-5-3-1/h2-8H2,1H3,(H,10,11);6H,1-5H2. The van der Waals surface area contributed by atoms with Crippen LogP contribution < -0.4 is 5.32 Å². The Morgan fingerprint density at radius 3 is 2.28 bits per heavy atom. The molecule has 4 heteroatoms. The monoisotopic (exact) mass is 259 g/mol. The lowest BCUT2D eigenvalue weighted by atomic mass is 10.2. The van der Waals surface area contributed by atoms with E-state index in [1.54, 1.807) is 0 Å². The fourth-order valence-electron chi connectivity index (χ4n) is 1.69. The molecule has 0 radical (unpaired) electrons. The highest BCUT2D eigenvalue weighted by Crippen LogP contribution is 1.99. The molecule has 0 aromatic rings. The minimum absolute atomic E-state index is 0.119. The maximum atomic E-state index is 10.1. The van der Waals surface area contributed by atoms with Crippen LogP contribution in [0.2, 0.25) is 0 Å². The number of hydrogen-bond acceptors (Lipinski definition) is 3. The van der Waals surface area contributed by atoms with Gasteiger partial charge in [-0.15, -0.1) is 0 Å². The minimum Gasteiger partial charge on any atom is -0.481 e. The van der Waals surface area contributed by atoms with Gasteiger partial charge in [-0.3, -0.25) is 4.79 Å². The molecular weight excluding hydrogens is 230 g/mol. The van der Waals surface area contributed by atoms with E-state index in [4.69, 9.17) is 9.84 Å². The highest BCUT2D eigenvalue weighted by Gasteiger charge is 1.95. The lowest BCUT2D eigenvalue weighted by molar-refractivity contribution is -0.138. The Morgan fingerprint density at radius 2 is 1.83 bits per heavy atom. The molecule has 1 aliphatic heterocycles. The van der Waals surface area contributed by atoms with E-state index in [0.717, 1.165) is 6.42 Å². The van der Waals surface area contributed by atoms with Crippen molar-refractivity contribution in [3.05, 3.63) is 0 Å². The fraction of sp³-hybridized carbons (Fsp3) is 0.929. The lowest BCUT2D eigenvalue weighted by Gasteiger charge is -2.08. The van der Waals surface area contributed by atoms with Crippen LogP contribution in [-0.4, -0.2) is 37.4 Å². The minimum atomic E-state index is -0.788. The van der Waals surface area contributed by atoms with Crippen LogP contribution in [0.3, 0.4) is 0 Å². The molecule has 0 bridgehead atoms. The Hall–Kier alpha value is -0.610. The molecule has 0 saturated carbocycles. The molecule has 1 rings (SSSR count). The Labute approximate surface area is 111 Å². The summed E-state index contributed by atoms with van der Waals surface area (Å²) in [7, 11) is 0. The van der Waals surface area contributed by atoms with E-state index in [-0.39, 0.29) is 6.42 Å². The van der Waals surface area contributed by atoms with Crippen molar-refractivity contribution in [1.82, 2.24) is 5.32 Å². The van der Waals surface area contributed by atoms with E-state index in [1.165, 1.54) is 51.6 Å². The van der Waals surface area contributed by atoms with Crippen LogP contribution >= 0.6 is 0 Å². The van der Waals surface area contributed by atoms with Gasteiger partial charge in [-0.05, 0) is 32.4 Å². The van der Waals surface area contributed by atoms with Crippen molar-refractivity contribution < 1.29 is 14.6 Å². The van der Waals surface area contributed by atoms with E-state index in [0.29, 0.717) is 13.2 Å². The first-order valence-electron chi connectivity index (χ1n) is 7.27. The number of aliphatic carboxylic acids is 1. The molecule has 108 valence electrons. The molecule has 0 aromatic carbocycles. The number of unbranched alkanes of at least 4 members (excludes halogenated alkanes) is 3. The van der Waals surface area contributed by atoms with Gasteiger partial charge in [0.2, 0.25) is 0 Å². The third kappa shape index (κ3) is 15.4. The molecule has 0 atom stereocenters. The summed E-state index contributed by atoms with van der Waals surface area (Å²) in [5.41, 5.74) is 0. The van der Waals surface area contributed by atoms with E-state index >= 15 is 0 Å². The molecule has 2 N–H and O–H groups in total. The van der Waals surface area contributed by atoms with Crippen LogP contribution in [0.15, 0.2) is 0 Å². The van der Waals surface area contributed by atoms with Crippen molar-refractivity contribution in [2.75, 3.05) is 26.3 Å². The van der Waals surface area contributed by atoms with Crippen molar-refractivity contribution in [2.45, 2.75) is 58.3 Å². The van der Waals surface area contributed by atoms with Gasteiger partial charge in [0.15, 0.2) is 0 Å². The van der Waals surface area contributed by atoms with E-state index in [1.807, 2.05) is 0 Å². The summed E-state index contributed by atoms with van der Waals surface area (Å²) in [5, 5.41) is 11.6. The highest BCUT2D eigenvalue weighted by atomic mass is 16.5. The molecule has 1 saturated heterocycles. The molecule has 4 nitrogen and oxygen atoms in total. The Bertz CT molecular complexity index is 170. The van der Waals surface area contributed by atoms with Crippen molar-refractivity contribution >= 4 is 5.97 Å². The summed E-state index contributed by atoms with van der Waals surface area (Å²) in [6, 6.07) is 0.